The Morgan fingerprint density at radius 3 is 2.74 bits per heavy atom. The fourth-order valence-electron chi connectivity index (χ4n) is 2.48. The number of ether oxygens (including phenoxy) is 1. The molecule has 1 fully saturated rings. The van der Waals surface area contributed by atoms with E-state index in [4.69, 9.17) is 4.74 Å². The van der Waals surface area contributed by atoms with Gasteiger partial charge in [0, 0.05) is 25.4 Å². The molecular formula is C15H22FNO2. The number of anilines is 1. The zero-order valence-electron chi connectivity index (χ0n) is 11.6. The molecule has 1 aliphatic carbocycles. The molecule has 4 heteroatoms. The van der Waals surface area contributed by atoms with Crippen LogP contribution in [0.1, 0.15) is 25.3 Å². The molecule has 1 aromatic carbocycles. The van der Waals surface area contributed by atoms with Crippen LogP contribution >= 0.6 is 0 Å². The third kappa shape index (κ3) is 3.67. The average molecular weight is 267 g/mol. The van der Waals surface area contributed by atoms with Crippen LogP contribution < -0.4 is 4.90 Å². The van der Waals surface area contributed by atoms with E-state index in [9.17, 15) is 9.50 Å². The standard InChI is InChI=1S/C15H22FNO2/c1-11(13-3-4-13)17(5-6-19-2)15-8-12(10-18)7-14(16)9-15/h7-9,11,13,18H,3-6,10H2,1-2H3. The van der Waals surface area contributed by atoms with Crippen molar-refractivity contribution in [1.29, 1.82) is 0 Å². The zero-order valence-corrected chi connectivity index (χ0v) is 11.6. The predicted molar refractivity (Wildman–Crippen MR) is 73.7 cm³/mol. The first kappa shape index (κ1) is 14.3. The third-order valence-corrected chi connectivity index (χ3v) is 3.79. The van der Waals surface area contributed by atoms with Gasteiger partial charge in [-0.1, -0.05) is 0 Å². The molecule has 0 heterocycles. The molecular weight excluding hydrogens is 245 g/mol. The summed E-state index contributed by atoms with van der Waals surface area (Å²) >= 11 is 0. The lowest BCUT2D eigenvalue weighted by molar-refractivity contribution is 0.202. The van der Waals surface area contributed by atoms with Crippen molar-refractivity contribution in [3.05, 3.63) is 29.6 Å². The molecule has 0 aromatic heterocycles. The second-order valence-corrected chi connectivity index (χ2v) is 5.24. The highest BCUT2D eigenvalue weighted by atomic mass is 19.1. The lowest BCUT2D eigenvalue weighted by Gasteiger charge is -2.31. The lowest BCUT2D eigenvalue weighted by Crippen LogP contribution is -2.37. The van der Waals surface area contributed by atoms with Gasteiger partial charge < -0.3 is 14.7 Å². The molecule has 0 spiro atoms. The molecule has 106 valence electrons. The molecule has 1 saturated carbocycles. The minimum absolute atomic E-state index is 0.138. The summed E-state index contributed by atoms with van der Waals surface area (Å²) in [5.41, 5.74) is 1.45. The maximum absolute atomic E-state index is 13.6. The predicted octanol–water partition coefficient (Wildman–Crippen LogP) is 2.57. The summed E-state index contributed by atoms with van der Waals surface area (Å²) in [4.78, 5) is 2.18. The number of methoxy groups -OCH3 is 1. The number of nitrogens with zero attached hydrogens (tertiary/aromatic N) is 1. The molecule has 1 unspecified atom stereocenters. The summed E-state index contributed by atoms with van der Waals surface area (Å²) in [6, 6.07) is 5.15. The topological polar surface area (TPSA) is 32.7 Å². The fourth-order valence-corrected chi connectivity index (χ4v) is 2.48. The van der Waals surface area contributed by atoms with Crippen LogP contribution in [0, 0.1) is 11.7 Å². The minimum atomic E-state index is -0.299. The van der Waals surface area contributed by atoms with Gasteiger partial charge in [0.1, 0.15) is 5.82 Å². The summed E-state index contributed by atoms with van der Waals surface area (Å²) in [7, 11) is 1.67. The Morgan fingerprint density at radius 2 is 2.16 bits per heavy atom. The Bertz CT molecular complexity index is 421. The van der Waals surface area contributed by atoms with Gasteiger partial charge in [-0.25, -0.2) is 4.39 Å². The molecule has 0 saturated heterocycles. The Kier molecular flexibility index (Phi) is 4.77. The summed E-state index contributed by atoms with van der Waals surface area (Å²) in [6.45, 7) is 3.39. The molecule has 0 aliphatic heterocycles. The number of hydrogen-bond acceptors (Lipinski definition) is 3. The Labute approximate surface area is 114 Å². The van der Waals surface area contributed by atoms with E-state index in [1.807, 2.05) is 6.07 Å². The molecule has 1 aromatic rings. The quantitative estimate of drug-likeness (QED) is 0.824. The van der Waals surface area contributed by atoms with E-state index in [2.05, 4.69) is 11.8 Å². The Balaban J connectivity index is 2.22. The van der Waals surface area contributed by atoms with Gasteiger partial charge in [0.25, 0.3) is 0 Å². The number of rotatable bonds is 7. The maximum atomic E-state index is 13.6. The summed E-state index contributed by atoms with van der Waals surface area (Å²) in [6.07, 6.45) is 2.49. The number of hydrogen-bond donors (Lipinski definition) is 1. The van der Waals surface area contributed by atoms with E-state index < -0.39 is 0 Å². The third-order valence-electron chi connectivity index (χ3n) is 3.79. The normalized spacial score (nSPS) is 16.4. The molecule has 2 rings (SSSR count). The van der Waals surface area contributed by atoms with Crippen molar-refractivity contribution in [2.45, 2.75) is 32.4 Å². The van der Waals surface area contributed by atoms with Gasteiger partial charge in [-0.3, -0.25) is 0 Å². The highest BCUT2D eigenvalue weighted by molar-refractivity contribution is 5.50. The van der Waals surface area contributed by atoms with Crippen LogP contribution in [0.4, 0.5) is 10.1 Å². The monoisotopic (exact) mass is 267 g/mol. The van der Waals surface area contributed by atoms with Crippen LogP contribution in [0.3, 0.4) is 0 Å². The molecule has 1 N–H and O–H groups in total. The van der Waals surface area contributed by atoms with Crippen LogP contribution in [-0.4, -0.2) is 31.4 Å². The van der Waals surface area contributed by atoms with Gasteiger partial charge in [-0.15, -0.1) is 0 Å². The van der Waals surface area contributed by atoms with Gasteiger partial charge in [0.15, 0.2) is 0 Å². The van der Waals surface area contributed by atoms with Gasteiger partial charge >= 0.3 is 0 Å². The van der Waals surface area contributed by atoms with Gasteiger partial charge in [-0.2, -0.15) is 0 Å². The first-order chi connectivity index (χ1) is 9.15. The minimum Gasteiger partial charge on any atom is -0.392 e. The number of halogens is 1. The smallest absolute Gasteiger partial charge is 0.125 e. The molecule has 1 aliphatic rings. The zero-order chi connectivity index (χ0) is 13.8. The van der Waals surface area contributed by atoms with Crippen molar-refractivity contribution in [1.82, 2.24) is 0 Å². The first-order valence-corrected chi connectivity index (χ1v) is 6.81. The summed E-state index contributed by atoms with van der Waals surface area (Å²) in [5.74, 6) is 0.393. The average Bonchev–Trinajstić information content (AvgIpc) is 3.22. The largest absolute Gasteiger partial charge is 0.392 e. The number of benzene rings is 1. The second kappa shape index (κ2) is 6.35. The Morgan fingerprint density at radius 1 is 1.42 bits per heavy atom. The molecule has 3 nitrogen and oxygen atoms in total. The van der Waals surface area contributed by atoms with Gasteiger partial charge in [0.05, 0.1) is 13.2 Å². The second-order valence-electron chi connectivity index (χ2n) is 5.24. The van der Waals surface area contributed by atoms with E-state index in [0.29, 0.717) is 24.1 Å². The van der Waals surface area contributed by atoms with E-state index in [-0.39, 0.29) is 12.4 Å². The van der Waals surface area contributed by atoms with E-state index in [0.717, 1.165) is 12.2 Å². The SMILES string of the molecule is COCCN(c1cc(F)cc(CO)c1)C(C)C1CC1. The van der Waals surface area contributed by atoms with Crippen molar-refractivity contribution >= 4 is 5.69 Å². The van der Waals surface area contributed by atoms with Crippen molar-refractivity contribution in [2.24, 2.45) is 5.92 Å². The van der Waals surface area contributed by atoms with Crippen LogP contribution in [0.15, 0.2) is 18.2 Å². The van der Waals surface area contributed by atoms with Crippen LogP contribution in [-0.2, 0) is 11.3 Å². The van der Waals surface area contributed by atoms with E-state index >= 15 is 0 Å². The summed E-state index contributed by atoms with van der Waals surface area (Å²) in [5, 5.41) is 9.19. The summed E-state index contributed by atoms with van der Waals surface area (Å²) < 4.78 is 18.8. The van der Waals surface area contributed by atoms with Crippen LogP contribution in [0.2, 0.25) is 0 Å². The van der Waals surface area contributed by atoms with Gasteiger partial charge in [-0.05, 0) is 49.4 Å². The van der Waals surface area contributed by atoms with E-state index in [1.165, 1.54) is 25.0 Å². The highest BCUT2D eigenvalue weighted by Gasteiger charge is 2.32. The molecule has 0 amide bonds. The van der Waals surface area contributed by atoms with Gasteiger partial charge in [0.2, 0.25) is 0 Å². The van der Waals surface area contributed by atoms with Crippen molar-refractivity contribution in [3.63, 3.8) is 0 Å². The lowest BCUT2D eigenvalue weighted by atomic mass is 10.1. The molecule has 1 atom stereocenters. The molecule has 0 bridgehead atoms. The van der Waals surface area contributed by atoms with Crippen LogP contribution in [0.5, 0.6) is 0 Å². The molecule has 19 heavy (non-hydrogen) atoms. The maximum Gasteiger partial charge on any atom is 0.125 e. The fraction of sp³-hybridized carbons (Fsp3) is 0.600. The first-order valence-electron chi connectivity index (χ1n) is 6.81. The van der Waals surface area contributed by atoms with Crippen molar-refractivity contribution in [3.8, 4) is 0 Å². The van der Waals surface area contributed by atoms with Crippen molar-refractivity contribution < 1.29 is 14.2 Å². The number of aliphatic hydroxyl groups excluding tert-OH is 1. The van der Waals surface area contributed by atoms with Crippen molar-refractivity contribution in [2.75, 3.05) is 25.2 Å². The highest BCUT2D eigenvalue weighted by Crippen LogP contribution is 2.37. The Hall–Kier alpha value is -1.13. The van der Waals surface area contributed by atoms with E-state index in [1.54, 1.807) is 7.11 Å². The number of aliphatic hydroxyl groups is 1. The molecule has 0 radical (unpaired) electrons. The van der Waals surface area contributed by atoms with Crippen LogP contribution in [0.25, 0.3) is 0 Å².